The van der Waals surface area contributed by atoms with E-state index >= 15 is 0 Å². The monoisotopic (exact) mass is 432 g/mol. The van der Waals surface area contributed by atoms with E-state index < -0.39 is 10.0 Å². The van der Waals surface area contributed by atoms with Crippen molar-refractivity contribution < 1.29 is 17.6 Å². The maximum absolute atomic E-state index is 12.6. The Hall–Kier alpha value is -2.65. The summed E-state index contributed by atoms with van der Waals surface area (Å²) in [5.74, 6) is 2.33. The van der Waals surface area contributed by atoms with Crippen LogP contribution in [0.2, 0.25) is 0 Å². The fourth-order valence-electron chi connectivity index (χ4n) is 3.38. The van der Waals surface area contributed by atoms with Gasteiger partial charge in [0.25, 0.3) is 0 Å². The van der Waals surface area contributed by atoms with Crippen LogP contribution in [0.4, 0.5) is 0 Å². The molecule has 0 fully saturated rings. The van der Waals surface area contributed by atoms with Gasteiger partial charge in [-0.15, -0.1) is 0 Å². The smallest absolute Gasteiger partial charge is 0.242 e. The number of benzene rings is 1. The lowest BCUT2D eigenvalue weighted by Crippen LogP contribution is -2.26. The Kier molecular flexibility index (Phi) is 6.33. The highest BCUT2D eigenvalue weighted by molar-refractivity contribution is 7.89. The van der Waals surface area contributed by atoms with Gasteiger partial charge >= 0.3 is 0 Å². The number of carbonyl (C=O) groups excluding carboxylic acids is 1. The first-order valence-corrected chi connectivity index (χ1v) is 11.3. The zero-order chi connectivity index (χ0) is 22.1. The highest BCUT2D eigenvalue weighted by Crippen LogP contribution is 2.23. The van der Waals surface area contributed by atoms with Crippen LogP contribution in [0.3, 0.4) is 0 Å². The maximum Gasteiger partial charge on any atom is 0.242 e. The van der Waals surface area contributed by atoms with Crippen LogP contribution in [0.1, 0.15) is 30.7 Å². The molecule has 0 spiro atoms. The molecule has 2 aromatic heterocycles. The van der Waals surface area contributed by atoms with Gasteiger partial charge in [-0.3, -0.25) is 4.79 Å². The first kappa shape index (κ1) is 22.0. The van der Waals surface area contributed by atoms with Crippen LogP contribution in [0.5, 0.6) is 0 Å². The predicted octanol–water partition coefficient (Wildman–Crippen LogP) is 2.80. The number of sulfonamides is 1. The number of imidazole rings is 1. The van der Waals surface area contributed by atoms with E-state index in [1.165, 1.54) is 18.4 Å². The Morgan fingerprint density at radius 3 is 2.50 bits per heavy atom. The summed E-state index contributed by atoms with van der Waals surface area (Å²) in [4.78, 5) is 19.0. The lowest BCUT2D eigenvalue weighted by atomic mass is 10.2. The second-order valence-corrected chi connectivity index (χ2v) is 9.62. The van der Waals surface area contributed by atoms with Gasteiger partial charge < -0.3 is 13.9 Å². The summed E-state index contributed by atoms with van der Waals surface area (Å²) in [5.41, 5.74) is 1.47. The number of aromatic nitrogens is 2. The van der Waals surface area contributed by atoms with Crippen LogP contribution in [0, 0.1) is 6.92 Å². The molecule has 0 saturated heterocycles. The molecule has 0 radical (unpaired) electrons. The second-order valence-electron chi connectivity index (χ2n) is 7.47. The summed E-state index contributed by atoms with van der Waals surface area (Å²) in [7, 11) is 1.23. The normalized spacial score (nSPS) is 12.1. The molecule has 0 aliphatic carbocycles. The Morgan fingerprint density at radius 1 is 1.17 bits per heavy atom. The Labute approximate surface area is 177 Å². The minimum atomic E-state index is -3.53. The minimum absolute atomic E-state index is 0.00497. The molecule has 0 N–H and O–H groups in total. The minimum Gasteiger partial charge on any atom is -0.464 e. The van der Waals surface area contributed by atoms with Gasteiger partial charge in [0.05, 0.1) is 22.5 Å². The predicted molar refractivity (Wildman–Crippen MR) is 115 cm³/mol. The summed E-state index contributed by atoms with van der Waals surface area (Å²) in [5, 5.41) is 0. The molecule has 3 aromatic rings. The van der Waals surface area contributed by atoms with E-state index in [0.29, 0.717) is 31.4 Å². The standard InChI is InChI=1S/C21H28N4O4S/c1-6-25-19-10-9-17(30(27,28)23(3)4)13-18(19)22-20(25)11-12-21(26)24(5)14-16-8-7-15(2)29-16/h7-10,13H,6,11-12,14H2,1-5H3. The van der Waals surface area contributed by atoms with Crippen LogP contribution in [0.15, 0.2) is 39.6 Å². The number of furan rings is 1. The van der Waals surface area contributed by atoms with Crippen LogP contribution < -0.4 is 0 Å². The summed E-state index contributed by atoms with van der Waals surface area (Å²) in [6.45, 7) is 4.97. The van der Waals surface area contributed by atoms with Gasteiger partial charge in [0.1, 0.15) is 17.3 Å². The first-order chi connectivity index (χ1) is 14.1. The third-order valence-corrected chi connectivity index (χ3v) is 6.88. The van der Waals surface area contributed by atoms with Crippen LogP contribution in [0.25, 0.3) is 11.0 Å². The number of amides is 1. The number of fused-ring (bicyclic) bond motifs is 1. The number of aryl methyl sites for hydroxylation is 3. The fourth-order valence-corrected chi connectivity index (χ4v) is 4.30. The van der Waals surface area contributed by atoms with Crippen molar-refractivity contribution in [1.29, 1.82) is 0 Å². The molecule has 1 amide bonds. The van der Waals surface area contributed by atoms with E-state index in [4.69, 9.17) is 4.42 Å². The first-order valence-electron chi connectivity index (χ1n) is 9.84. The van der Waals surface area contributed by atoms with Crippen molar-refractivity contribution in [2.45, 2.75) is 44.7 Å². The SMILES string of the molecule is CCn1c(CCC(=O)N(C)Cc2ccc(C)o2)nc2cc(S(=O)(=O)N(C)C)ccc21. The van der Waals surface area contributed by atoms with Crippen LogP contribution in [-0.2, 0) is 34.3 Å². The summed E-state index contributed by atoms with van der Waals surface area (Å²) in [6, 6.07) is 8.71. The molecule has 0 bridgehead atoms. The second kappa shape index (κ2) is 8.61. The molecule has 2 heterocycles. The molecule has 8 nitrogen and oxygen atoms in total. The highest BCUT2D eigenvalue weighted by Gasteiger charge is 2.20. The van der Waals surface area contributed by atoms with Crippen molar-refractivity contribution in [3.63, 3.8) is 0 Å². The average Bonchev–Trinajstić information content (AvgIpc) is 3.27. The molecule has 30 heavy (non-hydrogen) atoms. The van der Waals surface area contributed by atoms with Crippen molar-refractivity contribution in [1.82, 2.24) is 18.8 Å². The van der Waals surface area contributed by atoms with Crippen molar-refractivity contribution >= 4 is 27.0 Å². The Morgan fingerprint density at radius 2 is 1.90 bits per heavy atom. The van der Waals surface area contributed by atoms with E-state index in [-0.39, 0.29) is 10.8 Å². The molecule has 0 unspecified atom stereocenters. The number of hydrogen-bond donors (Lipinski definition) is 0. The molecule has 0 aliphatic rings. The fraction of sp³-hybridized carbons (Fsp3) is 0.429. The lowest BCUT2D eigenvalue weighted by molar-refractivity contribution is -0.130. The Bertz CT molecular complexity index is 1160. The molecule has 0 saturated carbocycles. The molecule has 3 rings (SSSR count). The molecule has 9 heteroatoms. The van der Waals surface area contributed by atoms with Crippen molar-refractivity contribution in [3.8, 4) is 0 Å². The third-order valence-electron chi connectivity index (χ3n) is 5.07. The zero-order valence-electron chi connectivity index (χ0n) is 18.0. The quantitative estimate of drug-likeness (QED) is 0.546. The van der Waals surface area contributed by atoms with E-state index in [0.717, 1.165) is 22.9 Å². The van der Waals surface area contributed by atoms with Gasteiger partial charge in [0.15, 0.2) is 0 Å². The van der Waals surface area contributed by atoms with E-state index in [2.05, 4.69) is 4.98 Å². The Balaban J connectivity index is 1.77. The van der Waals surface area contributed by atoms with Gasteiger partial charge in [-0.05, 0) is 44.2 Å². The number of rotatable bonds is 8. The van der Waals surface area contributed by atoms with E-state index in [1.807, 2.05) is 30.5 Å². The van der Waals surface area contributed by atoms with Gasteiger partial charge in [-0.25, -0.2) is 17.7 Å². The summed E-state index contributed by atoms with van der Waals surface area (Å²) >= 11 is 0. The zero-order valence-corrected chi connectivity index (χ0v) is 18.9. The molecule has 1 aromatic carbocycles. The van der Waals surface area contributed by atoms with E-state index in [1.54, 1.807) is 30.1 Å². The van der Waals surface area contributed by atoms with Gasteiger partial charge in [-0.2, -0.15) is 0 Å². The lowest BCUT2D eigenvalue weighted by Gasteiger charge is -2.15. The molecular weight excluding hydrogens is 404 g/mol. The topological polar surface area (TPSA) is 88.6 Å². The van der Waals surface area contributed by atoms with Gasteiger partial charge in [0, 0.05) is 40.5 Å². The van der Waals surface area contributed by atoms with Gasteiger partial charge in [-0.1, -0.05) is 0 Å². The third kappa shape index (κ3) is 4.41. The van der Waals surface area contributed by atoms with Crippen LogP contribution >= 0.6 is 0 Å². The number of hydrogen-bond acceptors (Lipinski definition) is 5. The van der Waals surface area contributed by atoms with E-state index in [9.17, 15) is 13.2 Å². The van der Waals surface area contributed by atoms with Crippen molar-refractivity contribution in [2.24, 2.45) is 0 Å². The van der Waals surface area contributed by atoms with Gasteiger partial charge in [0.2, 0.25) is 15.9 Å². The summed E-state index contributed by atoms with van der Waals surface area (Å²) < 4.78 is 33.6. The largest absolute Gasteiger partial charge is 0.464 e. The summed E-state index contributed by atoms with van der Waals surface area (Å²) in [6.07, 6.45) is 0.779. The average molecular weight is 433 g/mol. The number of nitrogens with zero attached hydrogens (tertiary/aromatic N) is 4. The molecule has 0 atom stereocenters. The molecule has 162 valence electrons. The van der Waals surface area contributed by atoms with Crippen LogP contribution in [-0.4, -0.2) is 54.2 Å². The number of carbonyl (C=O) groups is 1. The van der Waals surface area contributed by atoms with Crippen molar-refractivity contribution in [3.05, 3.63) is 47.7 Å². The molecule has 0 aliphatic heterocycles. The maximum atomic E-state index is 12.6. The highest BCUT2D eigenvalue weighted by atomic mass is 32.2. The molecular formula is C21H28N4O4S. The van der Waals surface area contributed by atoms with Crippen molar-refractivity contribution in [2.75, 3.05) is 21.1 Å².